The summed E-state index contributed by atoms with van der Waals surface area (Å²) in [5, 5.41) is 18.6. The number of aromatic carboxylic acids is 1. The lowest BCUT2D eigenvalue weighted by molar-refractivity contribution is 0.0692. The molecule has 0 radical (unpaired) electrons. The van der Waals surface area contributed by atoms with E-state index in [1.165, 1.54) is 24.3 Å². The molecule has 0 spiro atoms. The minimum atomic E-state index is -3.88. The van der Waals surface area contributed by atoms with Crippen molar-refractivity contribution in [3.8, 4) is 0 Å². The molecule has 1 aliphatic rings. The molecule has 1 fully saturated rings. The Hall–Kier alpha value is -1.44. The first-order valence-corrected chi connectivity index (χ1v) is 7.37. The monoisotopic (exact) mass is 285 g/mol. The molecule has 2 N–H and O–H groups in total. The third-order valence-corrected chi connectivity index (χ3v) is 5.02. The molecule has 1 unspecified atom stereocenters. The molecule has 0 bridgehead atoms. The molecule has 104 valence electrons. The van der Waals surface area contributed by atoms with Crippen molar-refractivity contribution >= 4 is 16.0 Å². The molecule has 0 aromatic heterocycles. The Morgan fingerprint density at radius 3 is 2.63 bits per heavy atom. The van der Waals surface area contributed by atoms with Crippen LogP contribution in [0.15, 0.2) is 29.2 Å². The minimum absolute atomic E-state index is 0.0102. The lowest BCUT2D eigenvalue weighted by atomic mass is 10.1. The van der Waals surface area contributed by atoms with Gasteiger partial charge in [-0.05, 0) is 25.0 Å². The van der Waals surface area contributed by atoms with E-state index in [2.05, 4.69) is 0 Å². The second-order valence-electron chi connectivity index (χ2n) is 4.46. The number of rotatable bonds is 3. The summed E-state index contributed by atoms with van der Waals surface area (Å²) in [6, 6.07) is 5.50. The number of carbonyl (C=O) groups is 1. The standard InChI is InChI=1S/C12H15NO5S/c14-9-4-3-7-13(8-9)19(17,18)11-6-2-1-5-10(11)12(15)16/h1-2,5-6,9,14H,3-4,7-8H2,(H,15,16). The quantitative estimate of drug-likeness (QED) is 0.844. The number of piperidine rings is 1. The van der Waals surface area contributed by atoms with Gasteiger partial charge >= 0.3 is 5.97 Å². The Balaban J connectivity index is 2.42. The van der Waals surface area contributed by atoms with Crippen LogP contribution in [0.2, 0.25) is 0 Å². The highest BCUT2D eigenvalue weighted by Gasteiger charge is 2.32. The zero-order valence-electron chi connectivity index (χ0n) is 10.2. The fourth-order valence-corrected chi connectivity index (χ4v) is 3.85. The van der Waals surface area contributed by atoms with Crippen LogP contribution in [-0.2, 0) is 10.0 Å². The van der Waals surface area contributed by atoms with E-state index in [4.69, 9.17) is 5.11 Å². The number of hydrogen-bond donors (Lipinski definition) is 2. The molecule has 1 aromatic rings. The summed E-state index contributed by atoms with van der Waals surface area (Å²) in [7, 11) is -3.88. The topological polar surface area (TPSA) is 94.9 Å². The Morgan fingerprint density at radius 2 is 2.00 bits per heavy atom. The number of aliphatic hydroxyl groups excluding tert-OH is 1. The van der Waals surface area contributed by atoms with Gasteiger partial charge in [0.05, 0.1) is 16.6 Å². The number of carboxylic acid groups (broad SMARTS) is 1. The summed E-state index contributed by atoms with van der Waals surface area (Å²) < 4.78 is 26.0. The lowest BCUT2D eigenvalue weighted by Gasteiger charge is -2.29. The van der Waals surface area contributed by atoms with E-state index >= 15 is 0 Å². The molecular weight excluding hydrogens is 270 g/mol. The van der Waals surface area contributed by atoms with E-state index in [0.717, 1.165) is 4.31 Å². The smallest absolute Gasteiger partial charge is 0.337 e. The first-order chi connectivity index (χ1) is 8.93. The maximum atomic E-state index is 12.4. The molecule has 0 aliphatic carbocycles. The average Bonchev–Trinajstić information content (AvgIpc) is 2.38. The van der Waals surface area contributed by atoms with E-state index in [1.54, 1.807) is 0 Å². The summed E-state index contributed by atoms with van der Waals surface area (Å²) in [6.45, 7) is 0.309. The van der Waals surface area contributed by atoms with Crippen molar-refractivity contribution in [3.05, 3.63) is 29.8 Å². The molecule has 1 heterocycles. The van der Waals surface area contributed by atoms with Crippen LogP contribution >= 0.6 is 0 Å². The second kappa shape index (κ2) is 5.28. The van der Waals surface area contributed by atoms with Gasteiger partial charge in [-0.2, -0.15) is 4.31 Å². The van der Waals surface area contributed by atoms with Crippen LogP contribution in [0.1, 0.15) is 23.2 Å². The predicted octanol–water partition coefficient (Wildman–Crippen LogP) is 0.530. The van der Waals surface area contributed by atoms with Gasteiger partial charge in [-0.3, -0.25) is 0 Å². The van der Waals surface area contributed by atoms with Crippen LogP contribution in [0.25, 0.3) is 0 Å². The Bertz CT molecular complexity index is 584. The fourth-order valence-electron chi connectivity index (χ4n) is 2.15. The highest BCUT2D eigenvalue weighted by Crippen LogP contribution is 2.23. The van der Waals surface area contributed by atoms with Crippen molar-refractivity contribution < 1.29 is 23.4 Å². The summed E-state index contributed by atoms with van der Waals surface area (Å²) in [5.74, 6) is -1.28. The molecular formula is C12H15NO5S. The van der Waals surface area contributed by atoms with Gasteiger partial charge in [0, 0.05) is 13.1 Å². The highest BCUT2D eigenvalue weighted by atomic mass is 32.2. The van der Waals surface area contributed by atoms with Gasteiger partial charge in [-0.15, -0.1) is 0 Å². The van der Waals surface area contributed by atoms with Gasteiger partial charge in [-0.25, -0.2) is 13.2 Å². The van der Waals surface area contributed by atoms with Crippen LogP contribution < -0.4 is 0 Å². The largest absolute Gasteiger partial charge is 0.478 e. The van der Waals surface area contributed by atoms with Crippen molar-refractivity contribution in [1.82, 2.24) is 4.31 Å². The lowest BCUT2D eigenvalue weighted by Crippen LogP contribution is -2.42. The Morgan fingerprint density at radius 1 is 1.32 bits per heavy atom. The number of sulfonamides is 1. The summed E-state index contributed by atoms with van der Waals surface area (Å²) in [4.78, 5) is 10.9. The van der Waals surface area contributed by atoms with Gasteiger partial charge in [-0.1, -0.05) is 12.1 Å². The van der Waals surface area contributed by atoms with E-state index in [1.807, 2.05) is 0 Å². The summed E-state index contributed by atoms with van der Waals surface area (Å²) >= 11 is 0. The van der Waals surface area contributed by atoms with Crippen LogP contribution in [0.4, 0.5) is 0 Å². The Labute approximate surface area is 111 Å². The Kier molecular flexibility index (Phi) is 3.88. The summed E-state index contributed by atoms with van der Waals surface area (Å²) in [5.41, 5.74) is -0.248. The highest BCUT2D eigenvalue weighted by molar-refractivity contribution is 7.89. The van der Waals surface area contributed by atoms with E-state index < -0.39 is 22.1 Å². The number of hydrogen-bond acceptors (Lipinski definition) is 4. The average molecular weight is 285 g/mol. The predicted molar refractivity (Wildman–Crippen MR) is 67.4 cm³/mol. The number of β-amino-alcohol motifs (C(OH)–C–C–N with tert-alkyl or cyclic N) is 1. The van der Waals surface area contributed by atoms with Crippen LogP contribution in [0.3, 0.4) is 0 Å². The third kappa shape index (κ3) is 2.78. The van der Waals surface area contributed by atoms with Crippen molar-refractivity contribution in [1.29, 1.82) is 0 Å². The molecule has 1 aromatic carbocycles. The third-order valence-electron chi connectivity index (χ3n) is 3.09. The minimum Gasteiger partial charge on any atom is -0.478 e. The molecule has 1 aliphatic heterocycles. The maximum Gasteiger partial charge on any atom is 0.337 e. The van der Waals surface area contributed by atoms with Gasteiger partial charge in [0.15, 0.2) is 0 Å². The fraction of sp³-hybridized carbons (Fsp3) is 0.417. The van der Waals surface area contributed by atoms with Gasteiger partial charge in [0.1, 0.15) is 0 Å². The van der Waals surface area contributed by atoms with Crippen LogP contribution in [-0.4, -0.2) is 48.1 Å². The number of carboxylic acids is 1. The van der Waals surface area contributed by atoms with Crippen molar-refractivity contribution in [2.45, 2.75) is 23.8 Å². The van der Waals surface area contributed by atoms with Gasteiger partial charge in [0.2, 0.25) is 10.0 Å². The number of aliphatic hydroxyl groups is 1. The van der Waals surface area contributed by atoms with Crippen molar-refractivity contribution in [2.75, 3.05) is 13.1 Å². The number of nitrogens with zero attached hydrogens (tertiary/aromatic N) is 1. The first kappa shape index (κ1) is 14.0. The molecule has 1 atom stereocenters. The van der Waals surface area contributed by atoms with Crippen LogP contribution in [0.5, 0.6) is 0 Å². The molecule has 2 rings (SSSR count). The zero-order chi connectivity index (χ0) is 14.0. The molecule has 6 nitrogen and oxygen atoms in total. The van der Waals surface area contributed by atoms with Gasteiger partial charge < -0.3 is 10.2 Å². The van der Waals surface area contributed by atoms with E-state index in [0.29, 0.717) is 19.4 Å². The maximum absolute atomic E-state index is 12.4. The molecule has 19 heavy (non-hydrogen) atoms. The van der Waals surface area contributed by atoms with Crippen molar-refractivity contribution in [2.24, 2.45) is 0 Å². The zero-order valence-corrected chi connectivity index (χ0v) is 11.0. The molecule has 0 saturated carbocycles. The number of benzene rings is 1. The normalized spacial score (nSPS) is 21.2. The molecule has 7 heteroatoms. The molecule has 1 saturated heterocycles. The summed E-state index contributed by atoms with van der Waals surface area (Å²) in [6.07, 6.45) is 0.433. The SMILES string of the molecule is O=C(O)c1ccccc1S(=O)(=O)N1CCCC(O)C1. The van der Waals surface area contributed by atoms with Crippen molar-refractivity contribution in [3.63, 3.8) is 0 Å². The second-order valence-corrected chi connectivity index (χ2v) is 6.37. The van der Waals surface area contributed by atoms with Gasteiger partial charge in [0.25, 0.3) is 0 Å². The van der Waals surface area contributed by atoms with Crippen LogP contribution in [0, 0.1) is 0 Å². The first-order valence-electron chi connectivity index (χ1n) is 5.93. The molecule has 0 amide bonds. The van der Waals surface area contributed by atoms with E-state index in [-0.39, 0.29) is 17.0 Å². The van der Waals surface area contributed by atoms with E-state index in [9.17, 15) is 18.3 Å².